The summed E-state index contributed by atoms with van der Waals surface area (Å²) < 4.78 is 0.769. The third-order valence-electron chi connectivity index (χ3n) is 6.73. The minimum Gasteiger partial charge on any atom is -0.395 e. The second kappa shape index (κ2) is 11.9. The number of hydrogen-bond donors (Lipinski definition) is 2. The summed E-state index contributed by atoms with van der Waals surface area (Å²) in [6.45, 7) is 2.64. The molecule has 7 heteroatoms. The van der Waals surface area contributed by atoms with Crippen molar-refractivity contribution in [3.05, 3.63) is 112 Å². The summed E-state index contributed by atoms with van der Waals surface area (Å²) >= 11 is 3.47. The highest BCUT2D eigenvalue weighted by atomic mass is 79.9. The van der Waals surface area contributed by atoms with Gasteiger partial charge in [-0.3, -0.25) is 9.59 Å². The Morgan fingerprint density at radius 3 is 2.35 bits per heavy atom. The number of aliphatic hydroxyl groups is 2. The van der Waals surface area contributed by atoms with Gasteiger partial charge >= 0.3 is 0 Å². The highest BCUT2D eigenvalue weighted by Crippen LogP contribution is 2.46. The molecule has 0 fully saturated rings. The molecular formula is C30H31BrN2O4. The van der Waals surface area contributed by atoms with Crippen LogP contribution in [0.5, 0.6) is 0 Å². The lowest BCUT2D eigenvalue weighted by Crippen LogP contribution is -2.44. The molecule has 0 spiro atoms. The number of carbonyl (C=O) groups is 2. The number of nitrogens with zero attached hydrogens (tertiary/aromatic N) is 2. The first-order valence-corrected chi connectivity index (χ1v) is 13.1. The van der Waals surface area contributed by atoms with E-state index >= 15 is 0 Å². The number of aliphatic hydroxyl groups excluding tert-OH is 1. The molecule has 0 bridgehead atoms. The number of rotatable bonds is 10. The zero-order chi connectivity index (χ0) is 26.4. The number of fused-ring (bicyclic) bond motifs is 1. The van der Waals surface area contributed by atoms with E-state index in [-0.39, 0.29) is 31.4 Å². The molecule has 0 unspecified atom stereocenters. The molecule has 0 saturated heterocycles. The smallest absolute Gasteiger partial charge is 0.264 e. The normalized spacial score (nSPS) is 17.7. The molecule has 0 radical (unpaired) electrons. The fourth-order valence-corrected chi connectivity index (χ4v) is 5.06. The maximum absolute atomic E-state index is 13.7. The van der Waals surface area contributed by atoms with Gasteiger partial charge in [0.1, 0.15) is 0 Å². The van der Waals surface area contributed by atoms with E-state index in [1.807, 2.05) is 72.8 Å². The third kappa shape index (κ3) is 5.85. The molecule has 0 aliphatic carbocycles. The van der Waals surface area contributed by atoms with Crippen LogP contribution in [0.15, 0.2) is 95.5 Å². The molecule has 37 heavy (non-hydrogen) atoms. The average molecular weight is 563 g/mol. The maximum atomic E-state index is 13.7. The lowest BCUT2D eigenvalue weighted by molar-refractivity contribution is -0.139. The molecule has 1 aliphatic rings. The Labute approximate surface area is 226 Å². The zero-order valence-corrected chi connectivity index (χ0v) is 22.3. The summed E-state index contributed by atoms with van der Waals surface area (Å²) in [5.41, 5.74) is 1.39. The first-order valence-electron chi connectivity index (χ1n) is 12.3. The SMILES string of the molecule is C[C@@H](/C=C/CC(=O)N(CCO)Cc1ccccc1)[C@]1(O)C(=O)N(Cc2ccccc2)c2ccc(Br)cc21. The van der Waals surface area contributed by atoms with Crippen LogP contribution in [0.2, 0.25) is 0 Å². The van der Waals surface area contributed by atoms with Gasteiger partial charge in [-0.25, -0.2) is 0 Å². The fraction of sp³-hybridized carbons (Fsp3) is 0.267. The first kappa shape index (κ1) is 26.8. The van der Waals surface area contributed by atoms with Crippen molar-refractivity contribution in [2.75, 3.05) is 18.1 Å². The van der Waals surface area contributed by atoms with Crippen LogP contribution < -0.4 is 4.90 Å². The van der Waals surface area contributed by atoms with E-state index in [1.165, 1.54) is 0 Å². The van der Waals surface area contributed by atoms with Crippen molar-refractivity contribution in [2.45, 2.75) is 32.0 Å². The molecule has 2 atom stereocenters. The van der Waals surface area contributed by atoms with Crippen molar-refractivity contribution in [3.8, 4) is 0 Å². The Morgan fingerprint density at radius 1 is 1.05 bits per heavy atom. The topological polar surface area (TPSA) is 81.1 Å². The van der Waals surface area contributed by atoms with Gasteiger partial charge in [-0.15, -0.1) is 0 Å². The van der Waals surface area contributed by atoms with Gasteiger partial charge in [-0.05, 0) is 29.3 Å². The summed E-state index contributed by atoms with van der Waals surface area (Å²) in [4.78, 5) is 29.8. The van der Waals surface area contributed by atoms with Crippen molar-refractivity contribution in [3.63, 3.8) is 0 Å². The van der Waals surface area contributed by atoms with Crippen molar-refractivity contribution < 1.29 is 19.8 Å². The van der Waals surface area contributed by atoms with Gasteiger partial charge in [-0.1, -0.05) is 95.7 Å². The molecule has 4 rings (SSSR count). The van der Waals surface area contributed by atoms with Gasteiger partial charge in [0.05, 0.1) is 18.8 Å². The number of hydrogen-bond acceptors (Lipinski definition) is 4. The minimum absolute atomic E-state index is 0.0977. The second-order valence-electron chi connectivity index (χ2n) is 9.25. The molecule has 0 aromatic heterocycles. The Morgan fingerprint density at radius 2 is 1.70 bits per heavy atom. The molecule has 0 saturated carbocycles. The third-order valence-corrected chi connectivity index (χ3v) is 7.22. The highest BCUT2D eigenvalue weighted by molar-refractivity contribution is 9.10. The predicted octanol–water partition coefficient (Wildman–Crippen LogP) is 4.79. The van der Waals surface area contributed by atoms with E-state index < -0.39 is 11.5 Å². The first-order chi connectivity index (χ1) is 17.8. The van der Waals surface area contributed by atoms with Crippen LogP contribution in [0.25, 0.3) is 0 Å². The number of halogens is 1. The van der Waals surface area contributed by atoms with E-state index in [0.29, 0.717) is 24.3 Å². The van der Waals surface area contributed by atoms with Crippen molar-refractivity contribution in [1.29, 1.82) is 0 Å². The molecule has 192 valence electrons. The number of amides is 2. The van der Waals surface area contributed by atoms with E-state index in [4.69, 9.17) is 0 Å². The van der Waals surface area contributed by atoms with E-state index in [9.17, 15) is 19.8 Å². The Kier molecular flexibility index (Phi) is 8.59. The highest BCUT2D eigenvalue weighted by Gasteiger charge is 2.52. The van der Waals surface area contributed by atoms with Crippen LogP contribution >= 0.6 is 15.9 Å². The fourth-order valence-electron chi connectivity index (χ4n) is 4.70. The molecule has 6 nitrogen and oxygen atoms in total. The lowest BCUT2D eigenvalue weighted by Gasteiger charge is -2.28. The summed E-state index contributed by atoms with van der Waals surface area (Å²) in [6, 6.07) is 24.8. The van der Waals surface area contributed by atoms with Crippen molar-refractivity contribution in [2.24, 2.45) is 5.92 Å². The zero-order valence-electron chi connectivity index (χ0n) is 20.8. The number of anilines is 1. The van der Waals surface area contributed by atoms with Gasteiger partial charge in [0.15, 0.2) is 5.60 Å². The summed E-state index contributed by atoms with van der Waals surface area (Å²) in [5.74, 6) is -1.11. The Bertz CT molecular complexity index is 1270. The number of carbonyl (C=O) groups excluding carboxylic acids is 2. The largest absolute Gasteiger partial charge is 0.395 e. The molecule has 3 aromatic rings. The second-order valence-corrected chi connectivity index (χ2v) is 10.2. The summed E-state index contributed by atoms with van der Waals surface area (Å²) in [6.07, 6.45) is 3.53. The molecular weight excluding hydrogens is 532 g/mol. The van der Waals surface area contributed by atoms with Gasteiger partial charge in [0, 0.05) is 35.5 Å². The van der Waals surface area contributed by atoms with E-state index in [0.717, 1.165) is 15.6 Å². The monoisotopic (exact) mass is 562 g/mol. The average Bonchev–Trinajstić information content (AvgIpc) is 3.11. The van der Waals surface area contributed by atoms with E-state index in [2.05, 4.69) is 15.9 Å². The van der Waals surface area contributed by atoms with Gasteiger partial charge in [-0.2, -0.15) is 0 Å². The predicted molar refractivity (Wildman–Crippen MR) is 148 cm³/mol. The van der Waals surface area contributed by atoms with Gasteiger partial charge in [0.25, 0.3) is 5.91 Å². The van der Waals surface area contributed by atoms with Crippen LogP contribution in [0.3, 0.4) is 0 Å². The molecule has 1 heterocycles. The quantitative estimate of drug-likeness (QED) is 0.348. The Hall–Kier alpha value is -3.26. The van der Waals surface area contributed by atoms with Crippen LogP contribution in [0, 0.1) is 5.92 Å². The van der Waals surface area contributed by atoms with Crippen LogP contribution in [-0.4, -0.2) is 40.1 Å². The van der Waals surface area contributed by atoms with E-state index in [1.54, 1.807) is 34.9 Å². The molecule has 2 N–H and O–H groups in total. The minimum atomic E-state index is -1.76. The van der Waals surface area contributed by atoms with Gasteiger partial charge in [0.2, 0.25) is 5.91 Å². The summed E-state index contributed by atoms with van der Waals surface area (Å²) in [7, 11) is 0. The maximum Gasteiger partial charge on any atom is 0.264 e. The van der Waals surface area contributed by atoms with Crippen molar-refractivity contribution in [1.82, 2.24) is 4.90 Å². The standard InChI is InChI=1S/C30H31BrN2O4/c1-22(9-8-14-28(35)32(17-18-34)20-23-10-4-2-5-11-23)30(37)26-19-25(31)15-16-27(26)33(29(30)36)21-24-12-6-3-7-13-24/h2-13,15-16,19,22,34,37H,14,17-18,20-21H2,1H3/b9-8+/t22-,30+/m0/s1. The molecule has 3 aromatic carbocycles. The molecule has 1 aliphatic heterocycles. The van der Waals surface area contributed by atoms with Crippen LogP contribution in [-0.2, 0) is 28.3 Å². The lowest BCUT2D eigenvalue weighted by atomic mass is 9.83. The summed E-state index contributed by atoms with van der Waals surface area (Å²) in [5, 5.41) is 21.3. The number of benzene rings is 3. The van der Waals surface area contributed by atoms with Crippen LogP contribution in [0.1, 0.15) is 30.0 Å². The Balaban J connectivity index is 1.51. The van der Waals surface area contributed by atoms with Gasteiger partial charge < -0.3 is 20.0 Å². The van der Waals surface area contributed by atoms with Crippen LogP contribution in [0.4, 0.5) is 5.69 Å². The van der Waals surface area contributed by atoms with Crippen molar-refractivity contribution >= 4 is 33.4 Å². The molecule has 2 amide bonds.